The van der Waals surface area contributed by atoms with Gasteiger partial charge in [-0.2, -0.15) is 0 Å². The van der Waals surface area contributed by atoms with Crippen molar-refractivity contribution in [2.24, 2.45) is 23.1 Å². The zero-order valence-electron chi connectivity index (χ0n) is 39.9. The van der Waals surface area contributed by atoms with Crippen molar-refractivity contribution >= 4 is 71.0 Å². The average Bonchev–Trinajstić information content (AvgIpc) is 3.31. The summed E-state index contributed by atoms with van der Waals surface area (Å²) in [4.78, 5) is 153. The minimum absolute atomic E-state index is 0.0263. The lowest BCUT2D eigenvalue weighted by molar-refractivity contribution is -0.143. The van der Waals surface area contributed by atoms with Crippen LogP contribution in [0.25, 0.3) is 0 Å². The Kier molecular flexibility index (Phi) is 27.4. The summed E-state index contributed by atoms with van der Waals surface area (Å²) in [7, 11) is 0. The van der Waals surface area contributed by atoms with Gasteiger partial charge < -0.3 is 85.5 Å². The quantitative estimate of drug-likeness (QED) is 0.0291. The lowest BCUT2D eigenvalue weighted by Crippen LogP contribution is -2.60. The standard InChI is InChI=1S/C43H68N12O16/c1-5-21(2)35(55-37(64)23(4)48-32(59)18-45)42(69)54-28(16-24-9-11-25(57)12-10-24)40(67)53-29(17-31(46)58)39(66)49-22(3)36(63)47-19-33(60)50-30(20-56)41(68)51-26(13-14-34(61)62)38(65)52-27(43(70)71)8-6-7-15-44/h9-12,21-23,26-30,35,56-57H,5-8,13-20,44-45H2,1-4H3,(H2,46,58)(H,47,63)(H,48,59)(H,49,66)(H,50,60)(H,51,68)(H,52,65)(H,53,67)(H,54,69)(H,55,64)(H,61,62)(H,70,71)/t21-,22-,23-,26-,27-,28-,29-,30-,35-/m0/s1. The van der Waals surface area contributed by atoms with Gasteiger partial charge >= 0.3 is 11.9 Å². The molecule has 0 unspecified atom stereocenters. The first-order valence-corrected chi connectivity index (χ1v) is 22.6. The van der Waals surface area contributed by atoms with Crippen LogP contribution in [0.1, 0.15) is 78.2 Å². The van der Waals surface area contributed by atoms with E-state index in [0.29, 0.717) is 24.8 Å². The molecule has 28 nitrogen and oxygen atoms in total. The SMILES string of the molecule is CC[C@H](C)[C@H](NC(=O)[C@H](C)NC(=O)CN)C(=O)N[C@@H](Cc1ccc(O)cc1)C(=O)N[C@@H](CC(N)=O)C(=O)N[C@@H](C)C(=O)NCC(=O)N[C@@H](CO)C(=O)N[C@@H](CCC(=O)O)C(=O)N[C@@H](CCCCN)C(=O)O. The number of aliphatic hydroxyl groups is 1. The number of phenolic OH excluding ortho intramolecular Hbond substituents is 1. The number of benzene rings is 1. The third-order valence-corrected chi connectivity index (χ3v) is 10.6. The van der Waals surface area contributed by atoms with Crippen molar-refractivity contribution in [3.05, 3.63) is 29.8 Å². The van der Waals surface area contributed by atoms with E-state index < -0.39 is 164 Å². The van der Waals surface area contributed by atoms with E-state index in [4.69, 9.17) is 22.3 Å². The Morgan fingerprint density at radius 1 is 0.592 bits per heavy atom. The molecule has 0 aliphatic rings. The van der Waals surface area contributed by atoms with E-state index in [1.807, 2.05) is 0 Å². The number of nitrogens with two attached hydrogens (primary N) is 3. The Balaban J connectivity index is 3.15. The highest BCUT2D eigenvalue weighted by Gasteiger charge is 2.35. The van der Waals surface area contributed by atoms with Crippen LogP contribution in [0.4, 0.5) is 0 Å². The molecule has 1 rings (SSSR count). The summed E-state index contributed by atoms with van der Waals surface area (Å²) in [6, 6.07) is -6.39. The molecular weight excluding hydrogens is 941 g/mol. The number of carbonyl (C=O) groups excluding carboxylic acids is 10. The van der Waals surface area contributed by atoms with Crippen LogP contribution < -0.4 is 65.1 Å². The lowest BCUT2D eigenvalue weighted by atomic mass is 9.96. The number of carboxylic acids is 2. The van der Waals surface area contributed by atoms with Crippen molar-refractivity contribution in [3.8, 4) is 5.75 Å². The largest absolute Gasteiger partial charge is 0.508 e. The van der Waals surface area contributed by atoms with Crippen LogP contribution in [0.2, 0.25) is 0 Å². The maximum absolute atomic E-state index is 13.9. The number of aromatic hydroxyl groups is 1. The minimum Gasteiger partial charge on any atom is -0.508 e. The second kappa shape index (κ2) is 31.6. The van der Waals surface area contributed by atoms with Crippen molar-refractivity contribution < 1.29 is 78.0 Å². The maximum Gasteiger partial charge on any atom is 0.326 e. The molecule has 1 aromatic rings. The van der Waals surface area contributed by atoms with E-state index in [-0.39, 0.29) is 25.1 Å². The highest BCUT2D eigenvalue weighted by atomic mass is 16.4. The van der Waals surface area contributed by atoms with Gasteiger partial charge in [0.15, 0.2) is 0 Å². The van der Waals surface area contributed by atoms with Crippen molar-refractivity contribution in [1.82, 2.24) is 47.9 Å². The Morgan fingerprint density at radius 2 is 1.14 bits per heavy atom. The minimum atomic E-state index is -1.77. The van der Waals surface area contributed by atoms with Crippen LogP contribution in [-0.2, 0) is 64.0 Å². The summed E-state index contributed by atoms with van der Waals surface area (Å²) in [5, 5.41) is 59.2. The van der Waals surface area contributed by atoms with Crippen LogP contribution in [0.3, 0.4) is 0 Å². The van der Waals surface area contributed by atoms with Gasteiger partial charge in [-0.15, -0.1) is 0 Å². The van der Waals surface area contributed by atoms with Crippen molar-refractivity contribution in [2.75, 3.05) is 26.2 Å². The fourth-order valence-corrected chi connectivity index (χ4v) is 6.34. The molecule has 0 aromatic heterocycles. The van der Waals surface area contributed by atoms with Gasteiger partial charge in [0, 0.05) is 12.8 Å². The molecule has 0 heterocycles. The smallest absolute Gasteiger partial charge is 0.326 e. The van der Waals surface area contributed by atoms with E-state index >= 15 is 0 Å². The van der Waals surface area contributed by atoms with Crippen LogP contribution in [0.15, 0.2) is 24.3 Å². The number of carboxylic acid groups (broad SMARTS) is 2. The third-order valence-electron chi connectivity index (χ3n) is 10.6. The fraction of sp³-hybridized carbons (Fsp3) is 0.581. The number of nitrogens with one attached hydrogen (secondary N) is 9. The van der Waals surface area contributed by atoms with Gasteiger partial charge in [0.05, 0.1) is 26.1 Å². The third kappa shape index (κ3) is 23.1. The highest BCUT2D eigenvalue weighted by Crippen LogP contribution is 2.14. The van der Waals surface area contributed by atoms with Gasteiger partial charge in [-0.1, -0.05) is 32.4 Å². The van der Waals surface area contributed by atoms with Crippen molar-refractivity contribution in [2.45, 2.75) is 127 Å². The Morgan fingerprint density at radius 3 is 1.69 bits per heavy atom. The molecule has 28 heteroatoms. The molecule has 0 spiro atoms. The first-order chi connectivity index (χ1) is 33.4. The first kappa shape index (κ1) is 61.6. The summed E-state index contributed by atoms with van der Waals surface area (Å²) in [5.74, 6) is -13.2. The Hall–Kier alpha value is -7.46. The van der Waals surface area contributed by atoms with E-state index in [2.05, 4.69) is 47.9 Å². The fourth-order valence-electron chi connectivity index (χ4n) is 6.34. The maximum atomic E-state index is 13.9. The number of amides is 10. The number of rotatable bonds is 33. The van der Waals surface area contributed by atoms with Gasteiger partial charge in [0.25, 0.3) is 0 Å². The molecule has 396 valence electrons. The molecule has 10 amide bonds. The number of hydrogen-bond acceptors (Lipinski definition) is 16. The molecule has 0 saturated carbocycles. The number of phenols is 1. The molecule has 9 atom stereocenters. The molecule has 1 aromatic carbocycles. The second-order valence-corrected chi connectivity index (χ2v) is 16.5. The van der Waals surface area contributed by atoms with E-state index in [1.54, 1.807) is 13.8 Å². The first-order valence-electron chi connectivity index (χ1n) is 22.6. The predicted molar refractivity (Wildman–Crippen MR) is 248 cm³/mol. The zero-order valence-corrected chi connectivity index (χ0v) is 39.9. The summed E-state index contributed by atoms with van der Waals surface area (Å²) >= 11 is 0. The van der Waals surface area contributed by atoms with Gasteiger partial charge in [0.2, 0.25) is 59.1 Å². The molecular formula is C43H68N12O16. The monoisotopic (exact) mass is 1010 g/mol. The van der Waals surface area contributed by atoms with Crippen LogP contribution in [0.5, 0.6) is 5.75 Å². The topological polar surface area (TPSA) is 472 Å². The van der Waals surface area contributed by atoms with Gasteiger partial charge in [-0.25, -0.2) is 4.79 Å². The normalized spacial score (nSPS) is 14.6. The number of hydrogen-bond donors (Lipinski definition) is 16. The van der Waals surface area contributed by atoms with Crippen molar-refractivity contribution in [1.29, 1.82) is 0 Å². The average molecular weight is 1010 g/mol. The molecule has 0 saturated heterocycles. The Labute approximate surface area is 408 Å². The predicted octanol–water partition coefficient (Wildman–Crippen LogP) is -6.08. The summed E-state index contributed by atoms with van der Waals surface area (Å²) in [6.45, 7) is 3.84. The molecule has 71 heavy (non-hydrogen) atoms. The number of aliphatic hydroxyl groups excluding tert-OH is 1. The molecule has 0 radical (unpaired) electrons. The molecule has 0 aliphatic heterocycles. The van der Waals surface area contributed by atoms with Gasteiger partial charge in [0.1, 0.15) is 54.1 Å². The molecule has 0 fully saturated rings. The zero-order chi connectivity index (χ0) is 54.0. The van der Waals surface area contributed by atoms with E-state index in [9.17, 15) is 72.9 Å². The summed E-state index contributed by atoms with van der Waals surface area (Å²) < 4.78 is 0. The second-order valence-electron chi connectivity index (χ2n) is 16.5. The van der Waals surface area contributed by atoms with E-state index in [1.165, 1.54) is 31.2 Å². The molecule has 0 aliphatic carbocycles. The van der Waals surface area contributed by atoms with Gasteiger partial charge in [-0.05, 0) is 69.7 Å². The molecule has 0 bridgehead atoms. The van der Waals surface area contributed by atoms with E-state index in [0.717, 1.165) is 6.92 Å². The number of unbranched alkanes of at least 4 members (excludes halogenated alkanes) is 1. The van der Waals surface area contributed by atoms with Crippen molar-refractivity contribution in [3.63, 3.8) is 0 Å². The lowest BCUT2D eigenvalue weighted by Gasteiger charge is -2.28. The van der Waals surface area contributed by atoms with Crippen LogP contribution >= 0.6 is 0 Å². The number of aliphatic carboxylic acids is 2. The van der Waals surface area contributed by atoms with Crippen LogP contribution in [-0.4, -0.2) is 166 Å². The number of primary amides is 1. The van der Waals surface area contributed by atoms with Crippen LogP contribution in [0, 0.1) is 5.92 Å². The molecule has 19 N–H and O–H groups in total. The summed E-state index contributed by atoms with van der Waals surface area (Å²) in [5.41, 5.74) is 16.6. The Bertz CT molecular complexity index is 2040. The summed E-state index contributed by atoms with van der Waals surface area (Å²) in [6.07, 6.45) is -1.10. The highest BCUT2D eigenvalue weighted by molar-refractivity contribution is 5.99. The van der Waals surface area contributed by atoms with Gasteiger partial charge in [-0.3, -0.25) is 52.7 Å². The number of carbonyl (C=O) groups is 12.